The standard InChI is InChI=1S/C12H25FO/c1-3-4-5-6-7-8-10-14-11-9-12(2)13/h12H,3-11H2,1-2H3. The largest absolute Gasteiger partial charge is 0.381 e. The lowest BCUT2D eigenvalue weighted by molar-refractivity contribution is 0.111. The highest BCUT2D eigenvalue weighted by Crippen LogP contribution is 2.05. The first-order valence-electron chi connectivity index (χ1n) is 5.99. The van der Waals surface area contributed by atoms with E-state index >= 15 is 0 Å². The summed E-state index contributed by atoms with van der Waals surface area (Å²) in [6.07, 6.45) is 7.50. The van der Waals surface area contributed by atoms with Gasteiger partial charge in [-0.3, -0.25) is 0 Å². The van der Waals surface area contributed by atoms with Crippen molar-refractivity contribution in [1.82, 2.24) is 0 Å². The van der Waals surface area contributed by atoms with Crippen molar-refractivity contribution in [1.29, 1.82) is 0 Å². The molecule has 0 radical (unpaired) electrons. The molecule has 0 amide bonds. The molecule has 1 atom stereocenters. The van der Waals surface area contributed by atoms with E-state index in [4.69, 9.17) is 4.74 Å². The van der Waals surface area contributed by atoms with Gasteiger partial charge in [0, 0.05) is 19.6 Å². The van der Waals surface area contributed by atoms with Crippen molar-refractivity contribution in [3.8, 4) is 0 Å². The first-order valence-corrected chi connectivity index (χ1v) is 5.99. The molecule has 86 valence electrons. The molecule has 0 aromatic heterocycles. The molecule has 0 aliphatic carbocycles. The predicted molar refractivity (Wildman–Crippen MR) is 59.4 cm³/mol. The Morgan fingerprint density at radius 3 is 2.29 bits per heavy atom. The summed E-state index contributed by atoms with van der Waals surface area (Å²) in [6, 6.07) is 0. The minimum Gasteiger partial charge on any atom is -0.381 e. The average molecular weight is 204 g/mol. The molecule has 0 N–H and O–H groups in total. The van der Waals surface area contributed by atoms with Gasteiger partial charge >= 0.3 is 0 Å². The summed E-state index contributed by atoms with van der Waals surface area (Å²) >= 11 is 0. The third-order valence-electron chi connectivity index (χ3n) is 2.30. The molecule has 0 aromatic rings. The minimum absolute atomic E-state index is 0.538. The molecule has 0 rings (SSSR count). The van der Waals surface area contributed by atoms with Crippen molar-refractivity contribution >= 4 is 0 Å². The van der Waals surface area contributed by atoms with E-state index in [1.54, 1.807) is 6.92 Å². The Morgan fingerprint density at radius 2 is 1.64 bits per heavy atom. The summed E-state index contributed by atoms with van der Waals surface area (Å²) in [5.74, 6) is 0. The van der Waals surface area contributed by atoms with Gasteiger partial charge in [-0.15, -0.1) is 0 Å². The predicted octanol–water partition coefficient (Wildman–Crippen LogP) is 4.11. The van der Waals surface area contributed by atoms with Gasteiger partial charge in [-0.1, -0.05) is 39.0 Å². The van der Waals surface area contributed by atoms with Crippen molar-refractivity contribution < 1.29 is 9.13 Å². The average Bonchev–Trinajstić information content (AvgIpc) is 2.15. The van der Waals surface area contributed by atoms with Gasteiger partial charge in [-0.25, -0.2) is 4.39 Å². The normalized spacial score (nSPS) is 13.1. The first kappa shape index (κ1) is 13.9. The van der Waals surface area contributed by atoms with Gasteiger partial charge in [-0.05, 0) is 13.3 Å². The fourth-order valence-corrected chi connectivity index (χ4v) is 1.33. The molecular weight excluding hydrogens is 179 g/mol. The Morgan fingerprint density at radius 1 is 1.00 bits per heavy atom. The molecule has 0 bridgehead atoms. The maximum Gasteiger partial charge on any atom is 0.0995 e. The van der Waals surface area contributed by atoms with Crippen LogP contribution in [0.25, 0.3) is 0 Å². The van der Waals surface area contributed by atoms with Crippen molar-refractivity contribution in [3.63, 3.8) is 0 Å². The zero-order valence-electron chi connectivity index (χ0n) is 9.73. The van der Waals surface area contributed by atoms with Crippen LogP contribution in [-0.2, 0) is 4.74 Å². The van der Waals surface area contributed by atoms with Gasteiger partial charge in [0.2, 0.25) is 0 Å². The van der Waals surface area contributed by atoms with Crippen molar-refractivity contribution in [2.45, 2.75) is 65.0 Å². The number of unbranched alkanes of at least 4 members (excludes halogenated alkanes) is 5. The zero-order valence-corrected chi connectivity index (χ0v) is 9.73. The molecule has 0 fully saturated rings. The molecule has 0 saturated carbocycles. The number of ether oxygens (including phenoxy) is 1. The molecule has 0 aliphatic rings. The number of alkyl halides is 1. The Kier molecular flexibility index (Phi) is 10.9. The first-order chi connectivity index (χ1) is 6.77. The summed E-state index contributed by atoms with van der Waals surface area (Å²) in [5.41, 5.74) is 0. The molecule has 0 saturated heterocycles. The van der Waals surface area contributed by atoms with Crippen LogP contribution in [0.4, 0.5) is 4.39 Å². The van der Waals surface area contributed by atoms with Gasteiger partial charge in [0.25, 0.3) is 0 Å². The molecule has 0 aliphatic heterocycles. The fraction of sp³-hybridized carbons (Fsp3) is 1.00. The van der Waals surface area contributed by atoms with Crippen LogP contribution >= 0.6 is 0 Å². The fourth-order valence-electron chi connectivity index (χ4n) is 1.33. The second kappa shape index (κ2) is 11.0. The van der Waals surface area contributed by atoms with E-state index in [2.05, 4.69) is 6.92 Å². The zero-order chi connectivity index (χ0) is 10.6. The lowest BCUT2D eigenvalue weighted by atomic mass is 10.1. The highest BCUT2D eigenvalue weighted by atomic mass is 19.1. The van der Waals surface area contributed by atoms with Crippen molar-refractivity contribution in [2.75, 3.05) is 13.2 Å². The van der Waals surface area contributed by atoms with Gasteiger partial charge in [0.1, 0.15) is 0 Å². The Balaban J connectivity index is 2.85. The maximum atomic E-state index is 12.3. The maximum absolute atomic E-state index is 12.3. The number of hydrogen-bond donors (Lipinski definition) is 0. The molecule has 0 aromatic carbocycles. The Hall–Kier alpha value is -0.110. The van der Waals surface area contributed by atoms with Crippen molar-refractivity contribution in [2.24, 2.45) is 0 Å². The van der Waals surface area contributed by atoms with Crippen LogP contribution < -0.4 is 0 Å². The van der Waals surface area contributed by atoms with Gasteiger partial charge in [0.15, 0.2) is 0 Å². The Labute approximate surface area is 88.0 Å². The summed E-state index contributed by atoms with van der Waals surface area (Å²) in [5, 5.41) is 0. The topological polar surface area (TPSA) is 9.23 Å². The van der Waals surface area contributed by atoms with Gasteiger partial charge in [-0.2, -0.15) is 0 Å². The van der Waals surface area contributed by atoms with Crippen LogP contribution in [0.2, 0.25) is 0 Å². The highest BCUT2D eigenvalue weighted by Gasteiger charge is 1.96. The van der Waals surface area contributed by atoms with Crippen molar-refractivity contribution in [3.05, 3.63) is 0 Å². The van der Waals surface area contributed by atoms with Crippen LogP contribution in [-0.4, -0.2) is 19.4 Å². The smallest absolute Gasteiger partial charge is 0.0995 e. The number of halogens is 1. The van der Waals surface area contributed by atoms with E-state index in [1.807, 2.05) is 0 Å². The third kappa shape index (κ3) is 11.9. The van der Waals surface area contributed by atoms with Crippen LogP contribution in [0, 0.1) is 0 Å². The van der Waals surface area contributed by atoms with E-state index < -0.39 is 6.17 Å². The van der Waals surface area contributed by atoms with Crippen LogP contribution in [0.15, 0.2) is 0 Å². The molecule has 1 unspecified atom stereocenters. The Bertz CT molecular complexity index is 104. The van der Waals surface area contributed by atoms with Crippen LogP contribution in [0.5, 0.6) is 0 Å². The van der Waals surface area contributed by atoms with Crippen LogP contribution in [0.3, 0.4) is 0 Å². The highest BCUT2D eigenvalue weighted by molar-refractivity contribution is 4.46. The number of hydrogen-bond acceptors (Lipinski definition) is 1. The van der Waals surface area contributed by atoms with E-state index in [1.165, 1.54) is 32.1 Å². The lowest BCUT2D eigenvalue weighted by Gasteiger charge is -2.04. The molecular formula is C12H25FO. The van der Waals surface area contributed by atoms with Gasteiger partial charge < -0.3 is 4.74 Å². The van der Waals surface area contributed by atoms with Gasteiger partial charge in [0.05, 0.1) is 6.17 Å². The molecule has 2 heteroatoms. The lowest BCUT2D eigenvalue weighted by Crippen LogP contribution is -2.02. The van der Waals surface area contributed by atoms with E-state index in [0.717, 1.165) is 13.0 Å². The summed E-state index contributed by atoms with van der Waals surface area (Å²) in [4.78, 5) is 0. The molecule has 1 nitrogen and oxygen atoms in total. The number of rotatable bonds is 10. The second-order valence-corrected chi connectivity index (χ2v) is 3.95. The molecule has 0 heterocycles. The summed E-state index contributed by atoms with van der Waals surface area (Å²) in [6.45, 7) is 5.18. The van der Waals surface area contributed by atoms with E-state index in [9.17, 15) is 4.39 Å². The van der Waals surface area contributed by atoms with Crippen LogP contribution in [0.1, 0.15) is 58.8 Å². The SMILES string of the molecule is CCCCCCCCOCCC(C)F. The second-order valence-electron chi connectivity index (χ2n) is 3.95. The molecule has 0 spiro atoms. The minimum atomic E-state index is -0.723. The van der Waals surface area contributed by atoms with E-state index in [-0.39, 0.29) is 0 Å². The summed E-state index contributed by atoms with van der Waals surface area (Å²) in [7, 11) is 0. The van der Waals surface area contributed by atoms with E-state index in [0.29, 0.717) is 13.0 Å². The quantitative estimate of drug-likeness (QED) is 0.486. The molecule has 14 heavy (non-hydrogen) atoms. The monoisotopic (exact) mass is 204 g/mol. The third-order valence-corrected chi connectivity index (χ3v) is 2.30. The summed E-state index contributed by atoms with van der Waals surface area (Å²) < 4.78 is 17.6.